The summed E-state index contributed by atoms with van der Waals surface area (Å²) in [7, 11) is 6.10. The molecule has 0 spiro atoms. The first-order valence-corrected chi connectivity index (χ1v) is 7.08. The molecular weight excluding hydrogens is 252 g/mol. The Labute approximate surface area is 120 Å². The Morgan fingerprint density at radius 1 is 1.25 bits per heavy atom. The van der Waals surface area contributed by atoms with E-state index in [-0.39, 0.29) is 0 Å². The number of nitrogens with one attached hydrogen (secondary N) is 1. The highest BCUT2D eigenvalue weighted by Crippen LogP contribution is 2.26. The van der Waals surface area contributed by atoms with Crippen LogP contribution in [0.4, 0.5) is 0 Å². The number of ether oxygens (including phenoxy) is 1. The van der Waals surface area contributed by atoms with E-state index in [0.717, 1.165) is 37.5 Å². The zero-order chi connectivity index (χ0) is 14.4. The van der Waals surface area contributed by atoms with Crippen molar-refractivity contribution in [2.75, 3.05) is 34.3 Å². The maximum Gasteiger partial charge on any atom is 0.135 e. The number of hydrogen-bond donors (Lipinski definition) is 1. The largest absolute Gasteiger partial charge is 0.458 e. The summed E-state index contributed by atoms with van der Waals surface area (Å²) in [6, 6.07) is 8.14. The SMILES string of the molecule is CNCc1c(COCCCN(C)C)oc2ccccc12. The molecule has 4 nitrogen and oxygen atoms in total. The van der Waals surface area contributed by atoms with E-state index in [1.807, 2.05) is 25.2 Å². The minimum atomic E-state index is 0.541. The lowest BCUT2D eigenvalue weighted by atomic mass is 10.1. The van der Waals surface area contributed by atoms with Crippen molar-refractivity contribution in [3.63, 3.8) is 0 Å². The normalized spacial score (nSPS) is 11.6. The molecule has 0 radical (unpaired) electrons. The molecule has 0 aliphatic rings. The van der Waals surface area contributed by atoms with Gasteiger partial charge in [0.15, 0.2) is 0 Å². The number of para-hydroxylation sites is 1. The molecule has 4 heteroatoms. The van der Waals surface area contributed by atoms with Crippen LogP contribution in [-0.4, -0.2) is 39.2 Å². The first kappa shape index (κ1) is 15.0. The molecule has 1 aromatic carbocycles. The minimum Gasteiger partial charge on any atom is -0.458 e. The van der Waals surface area contributed by atoms with Gasteiger partial charge in [-0.05, 0) is 40.2 Å². The standard InChI is InChI=1S/C16H24N2O2/c1-17-11-14-13-7-4-5-8-15(13)20-16(14)12-19-10-6-9-18(2)3/h4-5,7-8,17H,6,9-12H2,1-3H3. The third-order valence-corrected chi connectivity index (χ3v) is 3.26. The lowest BCUT2D eigenvalue weighted by Crippen LogP contribution is -2.15. The Morgan fingerprint density at radius 2 is 2.05 bits per heavy atom. The molecule has 110 valence electrons. The van der Waals surface area contributed by atoms with E-state index in [9.17, 15) is 0 Å². The van der Waals surface area contributed by atoms with Gasteiger partial charge in [0.1, 0.15) is 18.0 Å². The van der Waals surface area contributed by atoms with Crippen LogP contribution in [0.25, 0.3) is 11.0 Å². The Bertz CT molecular complexity index is 534. The number of nitrogens with zero attached hydrogens (tertiary/aromatic N) is 1. The molecule has 0 saturated heterocycles. The Balaban J connectivity index is 1.99. The van der Waals surface area contributed by atoms with Crippen LogP contribution < -0.4 is 5.32 Å². The van der Waals surface area contributed by atoms with Gasteiger partial charge in [-0.2, -0.15) is 0 Å². The van der Waals surface area contributed by atoms with Crippen LogP contribution in [0.2, 0.25) is 0 Å². The zero-order valence-corrected chi connectivity index (χ0v) is 12.6. The van der Waals surface area contributed by atoms with E-state index in [2.05, 4.69) is 30.4 Å². The average molecular weight is 276 g/mol. The summed E-state index contributed by atoms with van der Waals surface area (Å²) in [6.45, 7) is 3.14. The molecule has 0 saturated carbocycles. The first-order chi connectivity index (χ1) is 9.72. The Morgan fingerprint density at radius 3 is 2.80 bits per heavy atom. The Hall–Kier alpha value is -1.36. The van der Waals surface area contributed by atoms with Gasteiger partial charge in [-0.3, -0.25) is 0 Å². The van der Waals surface area contributed by atoms with E-state index in [1.54, 1.807) is 0 Å². The van der Waals surface area contributed by atoms with E-state index in [4.69, 9.17) is 9.15 Å². The summed E-state index contributed by atoms with van der Waals surface area (Å²) in [4.78, 5) is 2.16. The molecule has 2 aromatic rings. The quantitative estimate of drug-likeness (QED) is 0.752. The minimum absolute atomic E-state index is 0.541. The van der Waals surface area contributed by atoms with Crippen LogP contribution in [0.15, 0.2) is 28.7 Å². The van der Waals surface area contributed by atoms with Gasteiger partial charge in [0.2, 0.25) is 0 Å². The molecular formula is C16H24N2O2. The van der Waals surface area contributed by atoms with Crippen LogP contribution >= 0.6 is 0 Å². The predicted molar refractivity (Wildman–Crippen MR) is 81.8 cm³/mol. The molecule has 0 fully saturated rings. The lowest BCUT2D eigenvalue weighted by molar-refractivity contribution is 0.0997. The van der Waals surface area contributed by atoms with Gasteiger partial charge in [-0.1, -0.05) is 18.2 Å². The maximum atomic E-state index is 5.90. The van der Waals surface area contributed by atoms with Crippen molar-refractivity contribution in [3.05, 3.63) is 35.6 Å². The topological polar surface area (TPSA) is 37.6 Å². The number of fused-ring (bicyclic) bond motifs is 1. The summed E-state index contributed by atoms with van der Waals surface area (Å²) in [5.41, 5.74) is 2.14. The van der Waals surface area contributed by atoms with Crippen molar-refractivity contribution in [2.45, 2.75) is 19.6 Å². The van der Waals surface area contributed by atoms with Gasteiger partial charge >= 0.3 is 0 Å². The molecule has 2 rings (SSSR count). The van der Waals surface area contributed by atoms with Crippen molar-refractivity contribution in [1.82, 2.24) is 10.2 Å². The van der Waals surface area contributed by atoms with Gasteiger partial charge in [0.05, 0.1) is 0 Å². The molecule has 0 aliphatic carbocycles. The molecule has 20 heavy (non-hydrogen) atoms. The van der Waals surface area contributed by atoms with Crippen molar-refractivity contribution in [2.24, 2.45) is 0 Å². The number of hydrogen-bond acceptors (Lipinski definition) is 4. The molecule has 0 unspecified atom stereocenters. The predicted octanol–water partition coefficient (Wildman–Crippen LogP) is 2.62. The second kappa shape index (κ2) is 7.43. The number of rotatable bonds is 8. The highest BCUT2D eigenvalue weighted by atomic mass is 16.5. The Kier molecular flexibility index (Phi) is 5.59. The van der Waals surface area contributed by atoms with Gasteiger partial charge in [0, 0.05) is 24.1 Å². The highest BCUT2D eigenvalue weighted by molar-refractivity contribution is 5.82. The van der Waals surface area contributed by atoms with Crippen molar-refractivity contribution in [1.29, 1.82) is 0 Å². The average Bonchev–Trinajstić information content (AvgIpc) is 2.77. The smallest absolute Gasteiger partial charge is 0.135 e. The summed E-state index contributed by atoms with van der Waals surface area (Å²) < 4.78 is 11.6. The van der Waals surface area contributed by atoms with Gasteiger partial charge < -0.3 is 19.4 Å². The molecule has 1 heterocycles. The molecule has 0 atom stereocenters. The summed E-state index contributed by atoms with van der Waals surface area (Å²) >= 11 is 0. The summed E-state index contributed by atoms with van der Waals surface area (Å²) in [5.74, 6) is 0.936. The zero-order valence-electron chi connectivity index (χ0n) is 12.6. The van der Waals surface area contributed by atoms with Gasteiger partial charge in [-0.25, -0.2) is 0 Å². The maximum absolute atomic E-state index is 5.90. The van der Waals surface area contributed by atoms with E-state index in [0.29, 0.717) is 6.61 Å². The van der Waals surface area contributed by atoms with E-state index < -0.39 is 0 Å². The molecule has 1 N–H and O–H groups in total. The van der Waals surface area contributed by atoms with Crippen LogP contribution in [-0.2, 0) is 17.9 Å². The first-order valence-electron chi connectivity index (χ1n) is 7.08. The van der Waals surface area contributed by atoms with Crippen molar-refractivity contribution >= 4 is 11.0 Å². The second-order valence-corrected chi connectivity index (χ2v) is 5.24. The molecule has 0 aliphatic heterocycles. The molecule has 1 aromatic heterocycles. The third-order valence-electron chi connectivity index (χ3n) is 3.26. The lowest BCUT2D eigenvalue weighted by Gasteiger charge is -2.09. The molecule has 0 amide bonds. The van der Waals surface area contributed by atoms with Crippen LogP contribution in [0.5, 0.6) is 0 Å². The van der Waals surface area contributed by atoms with Crippen LogP contribution in [0, 0.1) is 0 Å². The number of benzene rings is 1. The summed E-state index contributed by atoms with van der Waals surface area (Å²) in [5, 5.41) is 4.37. The van der Waals surface area contributed by atoms with Crippen LogP contribution in [0.1, 0.15) is 17.7 Å². The second-order valence-electron chi connectivity index (χ2n) is 5.24. The van der Waals surface area contributed by atoms with Crippen molar-refractivity contribution in [3.8, 4) is 0 Å². The van der Waals surface area contributed by atoms with E-state index >= 15 is 0 Å². The number of furan rings is 1. The van der Waals surface area contributed by atoms with Gasteiger partial charge in [0.25, 0.3) is 0 Å². The fraction of sp³-hybridized carbons (Fsp3) is 0.500. The summed E-state index contributed by atoms with van der Waals surface area (Å²) in [6.07, 6.45) is 1.04. The van der Waals surface area contributed by atoms with Crippen molar-refractivity contribution < 1.29 is 9.15 Å². The van der Waals surface area contributed by atoms with Gasteiger partial charge in [-0.15, -0.1) is 0 Å². The van der Waals surface area contributed by atoms with E-state index in [1.165, 1.54) is 10.9 Å². The highest BCUT2D eigenvalue weighted by Gasteiger charge is 2.12. The fourth-order valence-corrected chi connectivity index (χ4v) is 2.28. The van der Waals surface area contributed by atoms with Crippen LogP contribution in [0.3, 0.4) is 0 Å². The molecule has 0 bridgehead atoms. The monoisotopic (exact) mass is 276 g/mol. The third kappa shape index (κ3) is 3.82. The fourth-order valence-electron chi connectivity index (χ4n) is 2.28.